The molecule has 1 atom stereocenters. The summed E-state index contributed by atoms with van der Waals surface area (Å²) in [7, 11) is 0. The zero-order valence-electron chi connectivity index (χ0n) is 21.2. The molecule has 1 aliphatic heterocycles. The topological polar surface area (TPSA) is 55.6 Å². The van der Waals surface area contributed by atoms with Crippen molar-refractivity contribution in [2.45, 2.75) is 38.2 Å². The van der Waals surface area contributed by atoms with Gasteiger partial charge in [0.15, 0.2) is 0 Å². The monoisotopic (exact) mass is 552 g/mol. The van der Waals surface area contributed by atoms with Crippen LogP contribution in [-0.4, -0.2) is 43.2 Å². The maximum Gasteiger partial charge on any atom is 0.248 e. The summed E-state index contributed by atoms with van der Waals surface area (Å²) in [4.78, 5) is 14.1. The van der Waals surface area contributed by atoms with Crippen LogP contribution >= 0.6 is 23.2 Å². The maximum atomic E-state index is 12.5. The Morgan fingerprint density at radius 3 is 2.55 bits per heavy atom. The number of hydrogen-bond donors (Lipinski definition) is 1. The molecule has 0 saturated carbocycles. The molecule has 2 aliphatic rings. The minimum Gasteiger partial charge on any atom is -0.489 e. The normalized spacial score (nSPS) is 17.8. The van der Waals surface area contributed by atoms with E-state index in [0.29, 0.717) is 22.0 Å². The van der Waals surface area contributed by atoms with Crippen LogP contribution in [0.4, 0.5) is 4.39 Å². The van der Waals surface area contributed by atoms with Gasteiger partial charge in [-0.3, -0.25) is 14.1 Å². The van der Waals surface area contributed by atoms with Crippen LogP contribution < -0.4 is 10.5 Å². The molecule has 1 aliphatic carbocycles. The first-order valence-corrected chi connectivity index (χ1v) is 13.9. The standard InChI is InChI=1S/C31H31Cl2FN2O2/c32-23-8-12-27(29(33)18-23)28-4-1-3-21-17-22(31(35)37)7-11-26(21)30(28)20-5-9-24(10-6-20)38-25-13-16-36(19-25)15-2-14-34/h5-12,17-18,25H,1-4,13-16,19H2,(H2,35,37). The van der Waals surface area contributed by atoms with Gasteiger partial charge >= 0.3 is 0 Å². The number of aryl methyl sites for hydroxylation is 1. The molecule has 7 heteroatoms. The Hall–Kier alpha value is -2.86. The number of likely N-dealkylation sites (tertiary alicyclic amines) is 1. The number of benzene rings is 3. The Morgan fingerprint density at radius 1 is 1.03 bits per heavy atom. The molecule has 5 rings (SSSR count). The van der Waals surface area contributed by atoms with Crippen molar-refractivity contribution in [1.29, 1.82) is 0 Å². The maximum absolute atomic E-state index is 12.5. The molecule has 0 spiro atoms. The molecule has 3 aromatic rings. The summed E-state index contributed by atoms with van der Waals surface area (Å²) in [6, 6.07) is 19.5. The van der Waals surface area contributed by atoms with Crippen molar-refractivity contribution < 1.29 is 13.9 Å². The minimum atomic E-state index is -0.430. The molecule has 1 heterocycles. The molecule has 1 saturated heterocycles. The first-order chi connectivity index (χ1) is 18.4. The molecule has 38 heavy (non-hydrogen) atoms. The van der Waals surface area contributed by atoms with Gasteiger partial charge in [-0.05, 0) is 102 Å². The fraction of sp³-hybridized carbons (Fsp3) is 0.323. The second kappa shape index (κ2) is 11.9. The molecular formula is C31H31Cl2FN2O2. The fourth-order valence-electron chi connectivity index (χ4n) is 5.55. The number of halogens is 3. The average molecular weight is 554 g/mol. The van der Waals surface area contributed by atoms with E-state index >= 15 is 0 Å². The summed E-state index contributed by atoms with van der Waals surface area (Å²) in [6.45, 7) is 2.25. The minimum absolute atomic E-state index is 0.105. The molecule has 198 valence electrons. The van der Waals surface area contributed by atoms with Crippen LogP contribution in [0.2, 0.25) is 10.0 Å². The van der Waals surface area contributed by atoms with Gasteiger partial charge in [-0.2, -0.15) is 0 Å². The number of primary amides is 1. The number of fused-ring (bicyclic) bond motifs is 1. The third-order valence-corrected chi connectivity index (χ3v) is 7.92. The van der Waals surface area contributed by atoms with Crippen LogP contribution in [0.15, 0.2) is 60.7 Å². The quantitative estimate of drug-likeness (QED) is 0.321. The van der Waals surface area contributed by atoms with E-state index in [2.05, 4.69) is 17.0 Å². The number of alkyl halides is 1. The fourth-order valence-corrected chi connectivity index (χ4v) is 6.07. The SMILES string of the molecule is NC(=O)c1ccc2c(c1)CCCC(c1ccc(Cl)cc1Cl)=C2c1ccc(OC2CCN(CCCF)C2)cc1. The van der Waals surface area contributed by atoms with Crippen molar-refractivity contribution in [2.24, 2.45) is 5.73 Å². The Labute approximate surface area is 233 Å². The zero-order valence-corrected chi connectivity index (χ0v) is 22.7. The van der Waals surface area contributed by atoms with Gasteiger partial charge in [0, 0.05) is 35.2 Å². The average Bonchev–Trinajstić information content (AvgIpc) is 3.26. The summed E-state index contributed by atoms with van der Waals surface area (Å²) in [5, 5.41) is 1.21. The van der Waals surface area contributed by atoms with Gasteiger partial charge in [-0.1, -0.05) is 47.5 Å². The van der Waals surface area contributed by atoms with Crippen LogP contribution in [0.25, 0.3) is 11.1 Å². The first kappa shape index (κ1) is 26.7. The Kier molecular flexibility index (Phi) is 8.37. The van der Waals surface area contributed by atoms with E-state index in [4.69, 9.17) is 33.7 Å². The van der Waals surface area contributed by atoms with Crippen molar-refractivity contribution in [3.8, 4) is 5.75 Å². The second-order valence-electron chi connectivity index (χ2n) is 9.96. The highest BCUT2D eigenvalue weighted by Gasteiger charge is 2.25. The van der Waals surface area contributed by atoms with E-state index in [0.717, 1.165) is 84.5 Å². The zero-order chi connectivity index (χ0) is 26.6. The molecule has 4 nitrogen and oxygen atoms in total. The van der Waals surface area contributed by atoms with Crippen LogP contribution in [0, 0.1) is 0 Å². The van der Waals surface area contributed by atoms with Crippen molar-refractivity contribution in [1.82, 2.24) is 4.90 Å². The highest BCUT2D eigenvalue weighted by molar-refractivity contribution is 6.36. The Bertz CT molecular complexity index is 1360. The van der Waals surface area contributed by atoms with Gasteiger partial charge in [0.1, 0.15) is 11.9 Å². The van der Waals surface area contributed by atoms with Crippen LogP contribution in [0.1, 0.15) is 58.3 Å². The third kappa shape index (κ3) is 5.90. The molecular weight excluding hydrogens is 522 g/mol. The van der Waals surface area contributed by atoms with E-state index in [9.17, 15) is 9.18 Å². The lowest BCUT2D eigenvalue weighted by Gasteiger charge is -2.19. The lowest BCUT2D eigenvalue weighted by atomic mass is 9.87. The molecule has 0 bridgehead atoms. The van der Waals surface area contributed by atoms with E-state index in [1.807, 2.05) is 36.4 Å². The molecule has 0 radical (unpaired) electrons. The van der Waals surface area contributed by atoms with Gasteiger partial charge < -0.3 is 10.5 Å². The van der Waals surface area contributed by atoms with Crippen molar-refractivity contribution >= 4 is 40.3 Å². The van der Waals surface area contributed by atoms with E-state index in [-0.39, 0.29) is 12.8 Å². The largest absolute Gasteiger partial charge is 0.489 e. The third-order valence-electron chi connectivity index (χ3n) is 7.37. The van der Waals surface area contributed by atoms with Crippen LogP contribution in [0.5, 0.6) is 5.75 Å². The summed E-state index contributed by atoms with van der Waals surface area (Å²) < 4.78 is 18.8. The van der Waals surface area contributed by atoms with Crippen molar-refractivity contribution in [2.75, 3.05) is 26.3 Å². The molecule has 1 amide bonds. The van der Waals surface area contributed by atoms with Gasteiger partial charge in [-0.25, -0.2) is 0 Å². The predicted octanol–water partition coefficient (Wildman–Crippen LogP) is 7.20. The summed E-state index contributed by atoms with van der Waals surface area (Å²) in [5.74, 6) is 0.385. The van der Waals surface area contributed by atoms with E-state index in [1.54, 1.807) is 12.1 Å². The number of carbonyl (C=O) groups is 1. The van der Waals surface area contributed by atoms with Gasteiger partial charge in [0.05, 0.1) is 6.67 Å². The second-order valence-corrected chi connectivity index (χ2v) is 10.8. The lowest BCUT2D eigenvalue weighted by Crippen LogP contribution is -2.26. The predicted molar refractivity (Wildman–Crippen MR) is 153 cm³/mol. The highest BCUT2D eigenvalue weighted by atomic mass is 35.5. The highest BCUT2D eigenvalue weighted by Crippen LogP contribution is 2.42. The number of amides is 1. The number of ether oxygens (including phenoxy) is 1. The Balaban J connectivity index is 1.51. The summed E-state index contributed by atoms with van der Waals surface area (Å²) in [6.07, 6.45) is 4.18. The van der Waals surface area contributed by atoms with Crippen LogP contribution in [0.3, 0.4) is 0 Å². The molecule has 2 N–H and O–H groups in total. The first-order valence-electron chi connectivity index (χ1n) is 13.1. The molecule has 1 fully saturated rings. The van der Waals surface area contributed by atoms with E-state index in [1.165, 1.54) is 0 Å². The van der Waals surface area contributed by atoms with Crippen molar-refractivity contribution in [3.05, 3.63) is 98.5 Å². The number of allylic oxidation sites excluding steroid dienone is 1. The smallest absolute Gasteiger partial charge is 0.248 e. The lowest BCUT2D eigenvalue weighted by molar-refractivity contribution is 0.1000. The Morgan fingerprint density at radius 2 is 1.82 bits per heavy atom. The summed E-state index contributed by atoms with van der Waals surface area (Å²) >= 11 is 12.9. The number of nitrogens with two attached hydrogens (primary N) is 1. The van der Waals surface area contributed by atoms with Crippen LogP contribution in [-0.2, 0) is 6.42 Å². The number of rotatable bonds is 8. The molecule has 0 aromatic heterocycles. The van der Waals surface area contributed by atoms with Gasteiger partial charge in [-0.15, -0.1) is 0 Å². The van der Waals surface area contributed by atoms with Crippen molar-refractivity contribution in [3.63, 3.8) is 0 Å². The molecule has 1 unspecified atom stereocenters. The number of nitrogens with zero attached hydrogens (tertiary/aromatic N) is 1. The van der Waals surface area contributed by atoms with Gasteiger partial charge in [0.25, 0.3) is 0 Å². The molecule has 3 aromatic carbocycles. The summed E-state index contributed by atoms with van der Waals surface area (Å²) in [5.41, 5.74) is 12.5. The number of carbonyl (C=O) groups excluding carboxylic acids is 1. The number of hydrogen-bond acceptors (Lipinski definition) is 3. The van der Waals surface area contributed by atoms with Gasteiger partial charge in [0.2, 0.25) is 5.91 Å². The van der Waals surface area contributed by atoms with E-state index < -0.39 is 5.91 Å².